The van der Waals surface area contributed by atoms with Gasteiger partial charge >= 0.3 is 6.18 Å². The van der Waals surface area contributed by atoms with E-state index in [4.69, 9.17) is 5.73 Å². The van der Waals surface area contributed by atoms with E-state index >= 15 is 0 Å². The molecule has 0 fully saturated rings. The van der Waals surface area contributed by atoms with E-state index in [1.165, 1.54) is 5.38 Å². The molecule has 0 saturated carbocycles. The highest BCUT2D eigenvalue weighted by Gasteiger charge is 2.34. The number of para-hydroxylation sites is 1. The summed E-state index contributed by atoms with van der Waals surface area (Å²) in [5, 5.41) is 0.500. The Bertz CT molecular complexity index is 505. The topological polar surface area (TPSA) is 38.9 Å². The summed E-state index contributed by atoms with van der Waals surface area (Å²) in [6.07, 6.45) is -4.40. The first-order valence-corrected chi connectivity index (χ1v) is 5.24. The van der Waals surface area contributed by atoms with Crippen LogP contribution in [0, 0.1) is 0 Å². The van der Waals surface area contributed by atoms with Crippen molar-refractivity contribution in [3.05, 3.63) is 34.7 Å². The van der Waals surface area contributed by atoms with Crippen molar-refractivity contribution in [1.29, 1.82) is 0 Å². The largest absolute Gasteiger partial charge is 0.443 e. The molecule has 0 radical (unpaired) electrons. The monoisotopic (exact) mass is 244 g/mol. The van der Waals surface area contributed by atoms with E-state index in [-0.39, 0.29) is 5.69 Å². The van der Waals surface area contributed by atoms with Gasteiger partial charge in [-0.2, -0.15) is 13.2 Å². The summed E-state index contributed by atoms with van der Waals surface area (Å²) in [5.41, 5.74) is 6.85. The van der Waals surface area contributed by atoms with Gasteiger partial charge in [-0.25, -0.2) is 4.98 Å². The molecule has 16 heavy (non-hydrogen) atoms. The first-order chi connectivity index (χ1) is 7.48. The number of halogens is 3. The van der Waals surface area contributed by atoms with E-state index in [1.807, 2.05) is 0 Å². The Hall–Kier alpha value is -1.56. The Morgan fingerprint density at radius 2 is 1.88 bits per heavy atom. The summed E-state index contributed by atoms with van der Waals surface area (Å²) < 4.78 is 37.0. The quantitative estimate of drug-likeness (QED) is 0.781. The Kier molecular flexibility index (Phi) is 2.59. The highest BCUT2D eigenvalue weighted by molar-refractivity contribution is 7.10. The second kappa shape index (κ2) is 3.79. The van der Waals surface area contributed by atoms with Crippen LogP contribution in [-0.4, -0.2) is 4.98 Å². The number of benzene rings is 1. The Morgan fingerprint density at radius 3 is 2.44 bits per heavy atom. The minimum absolute atomic E-state index is 0.260. The van der Waals surface area contributed by atoms with Crippen LogP contribution in [0.5, 0.6) is 0 Å². The van der Waals surface area contributed by atoms with Crippen LogP contribution in [-0.2, 0) is 6.18 Å². The van der Waals surface area contributed by atoms with Gasteiger partial charge in [0.25, 0.3) is 0 Å². The van der Waals surface area contributed by atoms with E-state index < -0.39 is 11.2 Å². The third-order valence-electron chi connectivity index (χ3n) is 1.98. The van der Waals surface area contributed by atoms with Crippen molar-refractivity contribution in [1.82, 2.24) is 4.98 Å². The molecule has 0 aliphatic carbocycles. The van der Waals surface area contributed by atoms with Crippen LogP contribution in [0.1, 0.15) is 5.01 Å². The molecule has 0 atom stereocenters. The zero-order valence-electron chi connectivity index (χ0n) is 7.95. The second-order valence-electron chi connectivity index (χ2n) is 3.12. The molecular weight excluding hydrogens is 237 g/mol. The van der Waals surface area contributed by atoms with Gasteiger partial charge in [-0.1, -0.05) is 18.2 Å². The molecular formula is C10H7F3N2S. The number of aromatic nitrogens is 1. The van der Waals surface area contributed by atoms with E-state index in [0.29, 0.717) is 22.6 Å². The average Bonchev–Trinajstić information content (AvgIpc) is 2.66. The van der Waals surface area contributed by atoms with Gasteiger partial charge in [0.05, 0.1) is 5.69 Å². The third-order valence-corrected chi connectivity index (χ3v) is 2.87. The number of nitrogens with two attached hydrogens (primary N) is 1. The summed E-state index contributed by atoms with van der Waals surface area (Å²) in [6, 6.07) is 6.70. The Morgan fingerprint density at radius 1 is 1.19 bits per heavy atom. The average molecular weight is 244 g/mol. The molecule has 1 heterocycles. The zero-order valence-corrected chi connectivity index (χ0v) is 8.77. The maximum Gasteiger partial charge on any atom is 0.443 e. The van der Waals surface area contributed by atoms with Crippen LogP contribution in [0.2, 0.25) is 0 Å². The smallest absolute Gasteiger partial charge is 0.398 e. The van der Waals surface area contributed by atoms with Gasteiger partial charge in [0, 0.05) is 16.6 Å². The number of hydrogen-bond donors (Lipinski definition) is 1. The fraction of sp³-hybridized carbons (Fsp3) is 0.100. The zero-order chi connectivity index (χ0) is 11.8. The SMILES string of the molecule is Nc1ccccc1-c1csc(C(F)(F)F)n1. The highest BCUT2D eigenvalue weighted by atomic mass is 32.1. The first-order valence-electron chi connectivity index (χ1n) is 4.36. The molecule has 0 bridgehead atoms. The van der Waals surface area contributed by atoms with Crippen LogP contribution in [0.25, 0.3) is 11.3 Å². The van der Waals surface area contributed by atoms with E-state index in [1.54, 1.807) is 24.3 Å². The summed E-state index contributed by atoms with van der Waals surface area (Å²) >= 11 is 0.568. The van der Waals surface area contributed by atoms with Crippen molar-refractivity contribution < 1.29 is 13.2 Å². The van der Waals surface area contributed by atoms with Gasteiger partial charge in [-0.05, 0) is 6.07 Å². The molecule has 2 rings (SSSR count). The van der Waals surface area contributed by atoms with Crippen LogP contribution < -0.4 is 5.73 Å². The number of thiazole rings is 1. The highest BCUT2D eigenvalue weighted by Crippen LogP contribution is 2.35. The van der Waals surface area contributed by atoms with Gasteiger partial charge < -0.3 is 5.73 Å². The van der Waals surface area contributed by atoms with Crippen molar-refractivity contribution in [2.45, 2.75) is 6.18 Å². The number of rotatable bonds is 1. The predicted octanol–water partition coefficient (Wildman–Crippen LogP) is 3.41. The Labute approximate surface area is 93.5 Å². The fourth-order valence-corrected chi connectivity index (χ4v) is 1.95. The number of anilines is 1. The molecule has 0 unspecified atom stereocenters. The lowest BCUT2D eigenvalue weighted by Crippen LogP contribution is -2.03. The van der Waals surface area contributed by atoms with Crippen LogP contribution in [0.3, 0.4) is 0 Å². The van der Waals surface area contributed by atoms with E-state index in [0.717, 1.165) is 0 Å². The van der Waals surface area contributed by atoms with Gasteiger partial charge in [0.2, 0.25) is 0 Å². The molecule has 0 aliphatic rings. The molecule has 0 amide bonds. The molecule has 1 aromatic heterocycles. The Balaban J connectivity index is 2.44. The number of nitrogens with zero attached hydrogens (tertiary/aromatic N) is 1. The lowest BCUT2D eigenvalue weighted by Gasteiger charge is -2.02. The van der Waals surface area contributed by atoms with Gasteiger partial charge in [-0.15, -0.1) is 11.3 Å². The molecule has 0 saturated heterocycles. The van der Waals surface area contributed by atoms with Crippen molar-refractivity contribution in [2.24, 2.45) is 0 Å². The molecule has 2 aromatic rings. The molecule has 0 spiro atoms. The lowest BCUT2D eigenvalue weighted by atomic mass is 10.1. The molecule has 6 heteroatoms. The maximum absolute atomic E-state index is 12.3. The van der Waals surface area contributed by atoms with Crippen LogP contribution >= 0.6 is 11.3 Å². The standard InChI is InChI=1S/C10H7F3N2S/c11-10(12,13)9-15-8(5-16-9)6-3-1-2-4-7(6)14/h1-5H,14H2. The number of alkyl halides is 3. The van der Waals surface area contributed by atoms with Crippen molar-refractivity contribution >= 4 is 17.0 Å². The van der Waals surface area contributed by atoms with Crippen LogP contribution in [0.15, 0.2) is 29.6 Å². The molecule has 0 aliphatic heterocycles. The van der Waals surface area contributed by atoms with Gasteiger partial charge in [0.1, 0.15) is 0 Å². The predicted molar refractivity (Wildman–Crippen MR) is 57.0 cm³/mol. The fourth-order valence-electron chi connectivity index (χ4n) is 1.26. The maximum atomic E-state index is 12.3. The van der Waals surface area contributed by atoms with Gasteiger partial charge in [0.15, 0.2) is 5.01 Å². The summed E-state index contributed by atoms with van der Waals surface area (Å²) in [5.74, 6) is 0. The normalized spacial score (nSPS) is 11.7. The van der Waals surface area contributed by atoms with Gasteiger partial charge in [-0.3, -0.25) is 0 Å². The molecule has 84 valence electrons. The van der Waals surface area contributed by atoms with Crippen LogP contribution in [0.4, 0.5) is 18.9 Å². The third kappa shape index (κ3) is 2.01. The van der Waals surface area contributed by atoms with Crippen molar-refractivity contribution in [3.8, 4) is 11.3 Å². The van der Waals surface area contributed by atoms with E-state index in [2.05, 4.69) is 4.98 Å². The van der Waals surface area contributed by atoms with Crippen molar-refractivity contribution in [3.63, 3.8) is 0 Å². The first kappa shape index (κ1) is 10.9. The minimum atomic E-state index is -4.40. The lowest BCUT2D eigenvalue weighted by molar-refractivity contribution is -0.137. The van der Waals surface area contributed by atoms with E-state index in [9.17, 15) is 13.2 Å². The summed E-state index contributed by atoms with van der Waals surface area (Å²) in [7, 11) is 0. The molecule has 1 aromatic carbocycles. The van der Waals surface area contributed by atoms with Crippen molar-refractivity contribution in [2.75, 3.05) is 5.73 Å². The summed E-state index contributed by atoms with van der Waals surface area (Å²) in [4.78, 5) is 3.53. The minimum Gasteiger partial charge on any atom is -0.398 e. The molecule has 2 N–H and O–H groups in total. The second-order valence-corrected chi connectivity index (χ2v) is 3.98. The number of nitrogen functional groups attached to an aromatic ring is 1. The molecule has 2 nitrogen and oxygen atoms in total. The summed E-state index contributed by atoms with van der Waals surface area (Å²) in [6.45, 7) is 0. The number of hydrogen-bond acceptors (Lipinski definition) is 3.